The Morgan fingerprint density at radius 1 is 0.818 bits per heavy atom. The van der Waals surface area contributed by atoms with Crippen molar-refractivity contribution in [1.82, 2.24) is 0 Å². The van der Waals surface area contributed by atoms with Gasteiger partial charge in [0.15, 0.2) is 5.78 Å². The van der Waals surface area contributed by atoms with Crippen molar-refractivity contribution in [3.63, 3.8) is 0 Å². The molecule has 2 aliphatic rings. The molecule has 0 spiro atoms. The standard InChI is InChI=1S/C30H32N2O/c1-19-8-7-9-21(16-19)29-28-26(31-24-10-5-6-11-25(24)32-29)17-22(18-27(28)33)20-12-14-23(15-13-20)30(2,3)4/h5-16,22,29,31-32H,17-18H2,1-4H3. The van der Waals surface area contributed by atoms with Gasteiger partial charge >= 0.3 is 0 Å². The fraction of sp³-hybridized carbons (Fsp3) is 0.300. The maximum atomic E-state index is 13.7. The molecule has 0 saturated carbocycles. The number of anilines is 2. The van der Waals surface area contributed by atoms with E-state index >= 15 is 0 Å². The number of hydrogen-bond acceptors (Lipinski definition) is 3. The Labute approximate surface area is 196 Å². The molecule has 3 aromatic carbocycles. The van der Waals surface area contributed by atoms with Crippen molar-refractivity contribution < 1.29 is 4.79 Å². The number of Topliss-reactive ketones (excluding diaryl/α,β-unsaturated/α-hetero) is 1. The molecule has 3 heteroatoms. The van der Waals surface area contributed by atoms with Crippen LogP contribution in [0.15, 0.2) is 84.1 Å². The number of aryl methyl sites for hydroxylation is 1. The lowest BCUT2D eigenvalue weighted by Crippen LogP contribution is -2.27. The molecular formula is C30H32N2O. The lowest BCUT2D eigenvalue weighted by atomic mass is 9.77. The third kappa shape index (κ3) is 4.20. The van der Waals surface area contributed by atoms with E-state index in [2.05, 4.69) is 99.0 Å². The second-order valence-electron chi connectivity index (χ2n) is 10.5. The Morgan fingerprint density at radius 3 is 2.24 bits per heavy atom. The minimum Gasteiger partial charge on any atom is -0.372 e. The summed E-state index contributed by atoms with van der Waals surface area (Å²) in [5.74, 6) is 0.404. The van der Waals surface area contributed by atoms with Crippen molar-refractivity contribution in [3.05, 3.63) is 106 Å². The summed E-state index contributed by atoms with van der Waals surface area (Å²) in [6, 6.07) is 25.4. The van der Waals surface area contributed by atoms with Crippen molar-refractivity contribution in [2.75, 3.05) is 10.6 Å². The summed E-state index contributed by atoms with van der Waals surface area (Å²) in [5.41, 5.74) is 8.97. The third-order valence-electron chi connectivity index (χ3n) is 6.93. The highest BCUT2D eigenvalue weighted by molar-refractivity contribution is 6.01. The molecule has 3 nitrogen and oxygen atoms in total. The van der Waals surface area contributed by atoms with Gasteiger partial charge in [-0.2, -0.15) is 0 Å². The number of rotatable bonds is 2. The number of nitrogens with one attached hydrogen (secondary N) is 2. The number of carbonyl (C=O) groups excluding carboxylic acids is 1. The second kappa shape index (κ2) is 8.22. The molecule has 168 valence electrons. The van der Waals surface area contributed by atoms with Crippen LogP contribution in [0, 0.1) is 6.92 Å². The van der Waals surface area contributed by atoms with E-state index in [1.807, 2.05) is 12.1 Å². The largest absolute Gasteiger partial charge is 0.372 e. The fourth-order valence-electron chi connectivity index (χ4n) is 5.08. The molecule has 0 saturated heterocycles. The molecule has 0 fully saturated rings. The predicted octanol–water partition coefficient (Wildman–Crippen LogP) is 7.27. The monoisotopic (exact) mass is 436 g/mol. The number of allylic oxidation sites excluding steroid dienone is 1. The number of fused-ring (bicyclic) bond motifs is 1. The Bertz CT molecular complexity index is 1230. The van der Waals surface area contributed by atoms with Gasteiger partial charge in [0.25, 0.3) is 0 Å². The van der Waals surface area contributed by atoms with Crippen LogP contribution in [-0.4, -0.2) is 5.78 Å². The predicted molar refractivity (Wildman–Crippen MR) is 137 cm³/mol. The molecule has 0 bridgehead atoms. The van der Waals surface area contributed by atoms with Gasteiger partial charge in [-0.25, -0.2) is 0 Å². The minimum absolute atomic E-state index is 0.121. The summed E-state index contributed by atoms with van der Waals surface area (Å²) >= 11 is 0. The molecule has 1 heterocycles. The quantitative estimate of drug-likeness (QED) is 0.444. The first-order chi connectivity index (χ1) is 15.8. The van der Waals surface area contributed by atoms with E-state index in [1.165, 1.54) is 16.7 Å². The van der Waals surface area contributed by atoms with Gasteiger partial charge < -0.3 is 10.6 Å². The van der Waals surface area contributed by atoms with E-state index < -0.39 is 0 Å². The molecule has 1 aliphatic carbocycles. The van der Waals surface area contributed by atoms with Gasteiger partial charge in [-0.15, -0.1) is 0 Å². The molecule has 33 heavy (non-hydrogen) atoms. The molecule has 3 aromatic rings. The van der Waals surface area contributed by atoms with Crippen molar-refractivity contribution in [2.24, 2.45) is 0 Å². The van der Waals surface area contributed by atoms with Gasteiger partial charge in [-0.3, -0.25) is 4.79 Å². The van der Waals surface area contributed by atoms with Crippen molar-refractivity contribution in [2.45, 2.75) is 57.9 Å². The maximum absolute atomic E-state index is 13.7. The average molecular weight is 437 g/mol. The molecule has 0 amide bonds. The minimum atomic E-state index is -0.159. The van der Waals surface area contributed by atoms with Crippen LogP contribution in [0.3, 0.4) is 0 Å². The summed E-state index contributed by atoms with van der Waals surface area (Å²) in [5, 5.41) is 7.31. The summed E-state index contributed by atoms with van der Waals surface area (Å²) in [6.45, 7) is 8.79. The van der Waals surface area contributed by atoms with Crippen molar-refractivity contribution in [3.8, 4) is 0 Å². The second-order valence-corrected chi connectivity index (χ2v) is 10.5. The third-order valence-corrected chi connectivity index (χ3v) is 6.93. The molecular weight excluding hydrogens is 404 g/mol. The number of benzene rings is 3. The highest BCUT2D eigenvalue weighted by Gasteiger charge is 2.36. The molecule has 5 rings (SSSR count). The Morgan fingerprint density at radius 2 is 1.55 bits per heavy atom. The van der Waals surface area contributed by atoms with Crippen molar-refractivity contribution >= 4 is 17.2 Å². The molecule has 0 radical (unpaired) electrons. The summed E-state index contributed by atoms with van der Waals surface area (Å²) < 4.78 is 0. The maximum Gasteiger partial charge on any atom is 0.163 e. The Balaban J connectivity index is 1.55. The van der Waals surface area contributed by atoms with Crippen LogP contribution in [0.2, 0.25) is 0 Å². The first kappa shape index (κ1) is 21.5. The number of para-hydroxylation sites is 2. The number of hydrogen-bond donors (Lipinski definition) is 2. The summed E-state index contributed by atoms with van der Waals surface area (Å²) in [6.07, 6.45) is 1.37. The zero-order chi connectivity index (χ0) is 23.2. The van der Waals surface area contributed by atoms with Gasteiger partial charge in [0.1, 0.15) is 0 Å². The van der Waals surface area contributed by atoms with Crippen LogP contribution in [0.1, 0.15) is 67.8 Å². The van der Waals surface area contributed by atoms with Crippen LogP contribution < -0.4 is 10.6 Å². The molecule has 2 N–H and O–H groups in total. The summed E-state index contributed by atoms with van der Waals surface area (Å²) in [4.78, 5) is 13.7. The van der Waals surface area contributed by atoms with E-state index in [9.17, 15) is 4.79 Å². The van der Waals surface area contributed by atoms with Gasteiger partial charge in [0.05, 0.1) is 17.4 Å². The Hall–Kier alpha value is -3.33. The molecule has 1 aliphatic heterocycles. The van der Waals surface area contributed by atoms with Gasteiger partial charge in [0, 0.05) is 17.7 Å². The summed E-state index contributed by atoms with van der Waals surface area (Å²) in [7, 11) is 0. The zero-order valence-electron chi connectivity index (χ0n) is 19.9. The highest BCUT2D eigenvalue weighted by Crippen LogP contribution is 2.44. The number of carbonyl (C=O) groups is 1. The van der Waals surface area contributed by atoms with Gasteiger partial charge in [0.2, 0.25) is 0 Å². The fourth-order valence-corrected chi connectivity index (χ4v) is 5.08. The normalized spacial score (nSPS) is 20.3. The molecule has 0 aromatic heterocycles. The highest BCUT2D eigenvalue weighted by atomic mass is 16.1. The van der Waals surface area contributed by atoms with Crippen molar-refractivity contribution in [1.29, 1.82) is 0 Å². The molecule has 2 atom stereocenters. The van der Waals surface area contributed by atoms with Gasteiger partial charge in [-0.05, 0) is 53.5 Å². The smallest absolute Gasteiger partial charge is 0.163 e. The Kier molecular flexibility index (Phi) is 5.36. The van der Waals surface area contributed by atoms with Gasteiger partial charge in [-0.1, -0.05) is 87.0 Å². The van der Waals surface area contributed by atoms with E-state index in [0.717, 1.165) is 34.6 Å². The topological polar surface area (TPSA) is 41.1 Å². The average Bonchev–Trinajstić information content (AvgIpc) is 2.95. The van der Waals surface area contributed by atoms with E-state index in [4.69, 9.17) is 0 Å². The lowest BCUT2D eigenvalue weighted by Gasteiger charge is -2.30. The lowest BCUT2D eigenvalue weighted by molar-refractivity contribution is -0.116. The SMILES string of the molecule is Cc1cccc(C2Nc3ccccc3NC3=C2C(=O)CC(c2ccc(C(C)(C)C)cc2)C3)c1. The zero-order valence-corrected chi connectivity index (χ0v) is 19.9. The first-order valence-electron chi connectivity index (χ1n) is 11.9. The van der Waals surface area contributed by atoms with E-state index in [1.54, 1.807) is 0 Å². The van der Waals surface area contributed by atoms with E-state index in [0.29, 0.717) is 6.42 Å². The van der Waals surface area contributed by atoms with Crippen LogP contribution in [0.5, 0.6) is 0 Å². The molecule has 2 unspecified atom stereocenters. The van der Waals surface area contributed by atoms with Crippen LogP contribution in [0.25, 0.3) is 0 Å². The first-order valence-corrected chi connectivity index (χ1v) is 11.9. The van der Waals surface area contributed by atoms with Crippen LogP contribution >= 0.6 is 0 Å². The van der Waals surface area contributed by atoms with Crippen LogP contribution in [0.4, 0.5) is 11.4 Å². The van der Waals surface area contributed by atoms with Crippen LogP contribution in [-0.2, 0) is 10.2 Å². The number of ketones is 1. The van der Waals surface area contributed by atoms with E-state index in [-0.39, 0.29) is 23.2 Å².